The van der Waals surface area contributed by atoms with Crippen molar-refractivity contribution in [3.63, 3.8) is 0 Å². The second kappa shape index (κ2) is 11.4. The highest BCUT2D eigenvalue weighted by molar-refractivity contribution is 5.96. The molecule has 0 bridgehead atoms. The number of hydrogen-bond donors (Lipinski definition) is 2. The topological polar surface area (TPSA) is 80.2 Å². The number of oxime groups is 1. The number of hydrogen-bond acceptors (Lipinski definition) is 5. The maximum absolute atomic E-state index is 12.7. The Kier molecular flexibility index (Phi) is 8.10. The van der Waals surface area contributed by atoms with Gasteiger partial charge in [-0.25, -0.2) is 0 Å². The Morgan fingerprint density at radius 1 is 1.02 bits per heavy atom. The predicted octanol–water partition coefficient (Wildman–Crippen LogP) is 6.72. The zero-order valence-corrected chi connectivity index (χ0v) is 26.3. The molecule has 1 aliphatic heterocycles. The van der Waals surface area contributed by atoms with E-state index in [2.05, 4.69) is 74.6 Å². The number of allylic oxidation sites excluding steroid dienone is 2. The van der Waals surface area contributed by atoms with Crippen LogP contribution in [0.3, 0.4) is 0 Å². The molecule has 0 spiro atoms. The van der Waals surface area contributed by atoms with Gasteiger partial charge in [0, 0.05) is 18.6 Å². The van der Waals surface area contributed by atoms with Crippen LogP contribution < -0.4 is 5.32 Å². The van der Waals surface area contributed by atoms with E-state index in [-0.39, 0.29) is 40.5 Å². The minimum Gasteiger partial charge on any atom is -0.393 e. The van der Waals surface area contributed by atoms with Gasteiger partial charge in [-0.1, -0.05) is 54.9 Å². The molecule has 1 aromatic rings. The lowest BCUT2D eigenvalue weighted by atomic mass is 9.47. The number of nitrogens with one attached hydrogen (secondary N) is 1. The van der Waals surface area contributed by atoms with Crippen molar-refractivity contribution in [2.24, 2.45) is 33.7 Å². The summed E-state index contributed by atoms with van der Waals surface area (Å²) in [7, 11) is 0. The number of aliphatic hydroxyl groups is 1. The molecule has 42 heavy (non-hydrogen) atoms. The summed E-state index contributed by atoms with van der Waals surface area (Å²) in [4.78, 5) is 18.3. The number of carbonyl (C=O) groups is 1. The van der Waals surface area contributed by atoms with Crippen LogP contribution in [-0.4, -0.2) is 48.2 Å². The Balaban J connectivity index is 1.02. The first-order valence-electron chi connectivity index (χ1n) is 16.6. The number of rotatable bonds is 7. The van der Waals surface area contributed by atoms with Crippen molar-refractivity contribution in [1.29, 1.82) is 0 Å². The molecule has 5 aliphatic rings. The standard InChI is InChI=1S/C36H52N2O4/c1-33(2)24-36(19-21-41-33,25-8-6-5-7-9-25)18-20-37-32(40)23-42-38-27-14-16-34(3)26(22-27)10-11-28-29-12-13-31(39)35(29,4)17-15-30(28)34/h5-9,22,28-31,39H,10-21,23-24H2,1-4H3,(H,37,40)/t28-,29+,30-,31-,34+,35+,36+/m1/s1. The van der Waals surface area contributed by atoms with Crippen LogP contribution >= 0.6 is 0 Å². The van der Waals surface area contributed by atoms with Crippen LogP contribution in [0, 0.1) is 28.6 Å². The molecule has 0 unspecified atom stereocenters. The molecule has 6 heteroatoms. The summed E-state index contributed by atoms with van der Waals surface area (Å²) in [6.07, 6.45) is 13.8. The van der Waals surface area contributed by atoms with E-state index in [0.29, 0.717) is 18.4 Å². The molecule has 230 valence electrons. The smallest absolute Gasteiger partial charge is 0.260 e. The minimum absolute atomic E-state index is 0.00810. The molecule has 2 N–H and O–H groups in total. The second-order valence-electron chi connectivity index (χ2n) is 15.3. The van der Waals surface area contributed by atoms with E-state index in [1.165, 1.54) is 30.4 Å². The molecular weight excluding hydrogens is 524 g/mol. The number of carbonyl (C=O) groups excluding carboxylic acids is 1. The normalized spacial score (nSPS) is 39.9. The van der Waals surface area contributed by atoms with E-state index < -0.39 is 0 Å². The zero-order valence-electron chi connectivity index (χ0n) is 26.3. The van der Waals surface area contributed by atoms with Crippen LogP contribution in [0.15, 0.2) is 47.1 Å². The third-order valence-electron chi connectivity index (χ3n) is 12.5. The minimum atomic E-state index is -0.183. The number of benzene rings is 1. The molecule has 7 atom stereocenters. The van der Waals surface area contributed by atoms with Crippen LogP contribution in [0.25, 0.3) is 0 Å². The van der Waals surface area contributed by atoms with E-state index in [0.717, 1.165) is 69.6 Å². The lowest BCUT2D eigenvalue weighted by Gasteiger charge is -2.57. The maximum Gasteiger partial charge on any atom is 0.260 e. The van der Waals surface area contributed by atoms with Crippen molar-refractivity contribution in [3.8, 4) is 0 Å². The highest BCUT2D eigenvalue weighted by Gasteiger charge is 2.58. The predicted molar refractivity (Wildman–Crippen MR) is 166 cm³/mol. The molecule has 3 saturated carbocycles. The van der Waals surface area contributed by atoms with E-state index >= 15 is 0 Å². The third kappa shape index (κ3) is 5.47. The number of aliphatic hydroxyl groups excluding tert-OH is 1. The highest BCUT2D eigenvalue weighted by atomic mass is 16.6. The van der Waals surface area contributed by atoms with Crippen molar-refractivity contribution in [2.75, 3.05) is 19.8 Å². The van der Waals surface area contributed by atoms with Crippen molar-refractivity contribution >= 4 is 11.6 Å². The van der Waals surface area contributed by atoms with E-state index in [9.17, 15) is 9.90 Å². The molecule has 4 aliphatic carbocycles. The van der Waals surface area contributed by atoms with Gasteiger partial charge in [-0.2, -0.15) is 0 Å². The summed E-state index contributed by atoms with van der Waals surface area (Å²) in [5.74, 6) is 1.98. The Hall–Kier alpha value is -2.18. The van der Waals surface area contributed by atoms with Crippen molar-refractivity contribution in [2.45, 2.75) is 115 Å². The number of ether oxygens (including phenoxy) is 1. The van der Waals surface area contributed by atoms with Gasteiger partial charge in [-0.15, -0.1) is 0 Å². The molecule has 6 rings (SSSR count). The molecule has 1 amide bonds. The van der Waals surface area contributed by atoms with E-state index in [4.69, 9.17) is 9.57 Å². The van der Waals surface area contributed by atoms with Gasteiger partial charge in [0.1, 0.15) is 0 Å². The van der Waals surface area contributed by atoms with Gasteiger partial charge in [-0.05, 0) is 125 Å². The average molecular weight is 577 g/mol. The lowest BCUT2D eigenvalue weighted by Crippen LogP contribution is -2.51. The molecule has 0 aromatic heterocycles. The van der Waals surface area contributed by atoms with Gasteiger partial charge in [0.2, 0.25) is 0 Å². The third-order valence-corrected chi connectivity index (χ3v) is 12.5. The van der Waals surface area contributed by atoms with Crippen molar-refractivity contribution < 1.29 is 19.5 Å². The lowest BCUT2D eigenvalue weighted by molar-refractivity contribution is -0.125. The Labute approximate surface area is 252 Å². The van der Waals surface area contributed by atoms with Crippen LogP contribution in [0.1, 0.15) is 104 Å². The van der Waals surface area contributed by atoms with Gasteiger partial charge in [0.15, 0.2) is 6.61 Å². The number of nitrogens with zero attached hydrogens (tertiary/aromatic N) is 1. The fourth-order valence-corrected chi connectivity index (χ4v) is 10.2. The summed E-state index contributed by atoms with van der Waals surface area (Å²) in [6, 6.07) is 10.7. The Morgan fingerprint density at radius 2 is 1.83 bits per heavy atom. The molecule has 1 heterocycles. The van der Waals surface area contributed by atoms with Crippen LogP contribution in [0.4, 0.5) is 0 Å². The largest absolute Gasteiger partial charge is 0.393 e. The second-order valence-corrected chi connectivity index (χ2v) is 15.3. The van der Waals surface area contributed by atoms with Gasteiger partial charge in [0.05, 0.1) is 17.4 Å². The van der Waals surface area contributed by atoms with Gasteiger partial charge in [-0.3, -0.25) is 4.79 Å². The molecular formula is C36H52N2O4. The van der Waals surface area contributed by atoms with E-state index in [1.54, 1.807) is 0 Å². The molecule has 6 nitrogen and oxygen atoms in total. The highest BCUT2D eigenvalue weighted by Crippen LogP contribution is 2.65. The van der Waals surface area contributed by atoms with Gasteiger partial charge < -0.3 is 20.0 Å². The first-order valence-corrected chi connectivity index (χ1v) is 16.6. The monoisotopic (exact) mass is 576 g/mol. The fourth-order valence-electron chi connectivity index (χ4n) is 10.2. The number of fused-ring (bicyclic) bond motifs is 5. The molecule has 0 radical (unpaired) electrons. The fraction of sp³-hybridized carbons (Fsp3) is 0.722. The summed E-state index contributed by atoms with van der Waals surface area (Å²) < 4.78 is 6.03. The Bertz CT molecular complexity index is 1210. The van der Waals surface area contributed by atoms with Gasteiger partial charge in [0.25, 0.3) is 5.91 Å². The summed E-state index contributed by atoms with van der Waals surface area (Å²) in [5, 5.41) is 18.3. The summed E-state index contributed by atoms with van der Waals surface area (Å²) in [6.45, 7) is 10.4. The number of amides is 1. The molecule has 1 aromatic carbocycles. The SMILES string of the molecule is CC1(C)C[C@@](CCNC(=O)CON=C2C=C3CC[C@H]4[C@@H](CC[C@]5(C)[C@H](O)CC[C@@H]45)[C@@]3(C)CC2)(c2ccccc2)CCO1. The van der Waals surface area contributed by atoms with Crippen LogP contribution in [-0.2, 0) is 19.8 Å². The molecule has 1 saturated heterocycles. The van der Waals surface area contributed by atoms with Gasteiger partial charge >= 0.3 is 0 Å². The van der Waals surface area contributed by atoms with Crippen LogP contribution in [0.5, 0.6) is 0 Å². The quantitative estimate of drug-likeness (QED) is 0.353. The first-order chi connectivity index (χ1) is 20.0. The molecule has 4 fully saturated rings. The van der Waals surface area contributed by atoms with Crippen molar-refractivity contribution in [1.82, 2.24) is 5.32 Å². The van der Waals surface area contributed by atoms with E-state index in [1.807, 2.05) is 0 Å². The average Bonchev–Trinajstić information content (AvgIpc) is 3.27. The maximum atomic E-state index is 12.7. The van der Waals surface area contributed by atoms with Crippen molar-refractivity contribution in [3.05, 3.63) is 47.5 Å². The first kappa shape index (κ1) is 29.9. The summed E-state index contributed by atoms with van der Waals surface area (Å²) in [5.41, 5.74) is 3.98. The summed E-state index contributed by atoms with van der Waals surface area (Å²) >= 11 is 0. The zero-order chi connectivity index (χ0) is 29.6. The van der Waals surface area contributed by atoms with Crippen LogP contribution in [0.2, 0.25) is 0 Å². The Morgan fingerprint density at radius 3 is 2.62 bits per heavy atom.